The smallest absolute Gasteiger partial charge is 0.153 e. The number of likely N-dealkylation sites (tertiary alicyclic amines) is 1. The van der Waals surface area contributed by atoms with Crippen molar-refractivity contribution in [2.45, 2.75) is 57.0 Å². The highest BCUT2D eigenvalue weighted by atomic mass is 16.3. The Balaban J connectivity index is 1.81. The van der Waals surface area contributed by atoms with Crippen LogP contribution in [0.1, 0.15) is 56.9 Å². The lowest BCUT2D eigenvalue weighted by Crippen LogP contribution is -2.48. The molecule has 1 aromatic rings. The van der Waals surface area contributed by atoms with Crippen molar-refractivity contribution in [3.8, 4) is 11.8 Å². The Morgan fingerprint density at radius 2 is 1.62 bits per heavy atom. The first-order valence-corrected chi connectivity index (χ1v) is 9.74. The van der Waals surface area contributed by atoms with Crippen molar-refractivity contribution in [1.82, 2.24) is 0 Å². The molecule has 1 heterocycles. The number of piperidine rings is 1. The van der Waals surface area contributed by atoms with Gasteiger partial charge in [-0.05, 0) is 43.6 Å². The molecular formula is C22H32NO+. The molecule has 1 aliphatic heterocycles. The quantitative estimate of drug-likeness (QED) is 0.655. The Labute approximate surface area is 147 Å². The van der Waals surface area contributed by atoms with E-state index in [0.717, 1.165) is 29.4 Å². The van der Waals surface area contributed by atoms with Gasteiger partial charge in [0.15, 0.2) is 5.60 Å². The molecule has 24 heavy (non-hydrogen) atoms. The van der Waals surface area contributed by atoms with E-state index >= 15 is 0 Å². The van der Waals surface area contributed by atoms with Gasteiger partial charge in [-0.1, -0.05) is 55.5 Å². The lowest BCUT2D eigenvalue weighted by molar-refractivity contribution is -0.907. The molecule has 2 heteroatoms. The average molecular weight is 327 g/mol. The Morgan fingerprint density at radius 1 is 1.00 bits per heavy atom. The molecule has 2 fully saturated rings. The van der Waals surface area contributed by atoms with Crippen LogP contribution in [0.15, 0.2) is 30.3 Å². The van der Waals surface area contributed by atoms with Crippen LogP contribution in [0.5, 0.6) is 0 Å². The summed E-state index contributed by atoms with van der Waals surface area (Å²) in [7, 11) is 2.32. The van der Waals surface area contributed by atoms with Crippen molar-refractivity contribution in [3.05, 3.63) is 35.9 Å². The minimum Gasteiger partial charge on any atom is -0.373 e. The highest BCUT2D eigenvalue weighted by Crippen LogP contribution is 2.39. The molecule has 2 aliphatic rings. The van der Waals surface area contributed by atoms with Gasteiger partial charge in [-0.25, -0.2) is 0 Å². The van der Waals surface area contributed by atoms with Crippen LogP contribution in [0.25, 0.3) is 0 Å². The van der Waals surface area contributed by atoms with Gasteiger partial charge in [0.25, 0.3) is 0 Å². The van der Waals surface area contributed by atoms with Crippen LogP contribution in [-0.4, -0.2) is 36.3 Å². The summed E-state index contributed by atoms with van der Waals surface area (Å²) >= 11 is 0. The van der Waals surface area contributed by atoms with E-state index in [1.165, 1.54) is 51.6 Å². The predicted octanol–water partition coefficient (Wildman–Crippen LogP) is 4.09. The normalized spacial score (nSPS) is 23.8. The van der Waals surface area contributed by atoms with Crippen molar-refractivity contribution in [3.63, 3.8) is 0 Å². The minimum atomic E-state index is -0.976. The van der Waals surface area contributed by atoms with Gasteiger partial charge in [0.1, 0.15) is 6.54 Å². The van der Waals surface area contributed by atoms with Crippen molar-refractivity contribution in [2.75, 3.05) is 26.7 Å². The molecule has 1 saturated carbocycles. The lowest BCUT2D eigenvalue weighted by Gasteiger charge is -2.37. The maximum atomic E-state index is 11.5. The van der Waals surface area contributed by atoms with Gasteiger partial charge in [-0.3, -0.25) is 0 Å². The van der Waals surface area contributed by atoms with Crippen LogP contribution in [-0.2, 0) is 5.60 Å². The van der Waals surface area contributed by atoms with Gasteiger partial charge in [-0.15, -0.1) is 0 Å². The van der Waals surface area contributed by atoms with Gasteiger partial charge in [0.05, 0.1) is 20.1 Å². The van der Waals surface area contributed by atoms with Gasteiger partial charge < -0.3 is 9.59 Å². The van der Waals surface area contributed by atoms with E-state index in [1.807, 2.05) is 30.3 Å². The summed E-state index contributed by atoms with van der Waals surface area (Å²) in [6, 6.07) is 10.1. The molecule has 0 spiro atoms. The SMILES string of the molecule is C[N+]1(CC#CC(O)(c2ccccc2)C2CCCCC2)CCCCC1. The van der Waals surface area contributed by atoms with E-state index in [1.54, 1.807) is 0 Å². The number of quaternary nitrogens is 1. The van der Waals surface area contributed by atoms with Crippen LogP contribution >= 0.6 is 0 Å². The summed E-state index contributed by atoms with van der Waals surface area (Å²) in [4.78, 5) is 0. The number of aliphatic hydroxyl groups is 1. The molecule has 1 atom stereocenters. The monoisotopic (exact) mass is 326 g/mol. The Kier molecular flexibility index (Phi) is 5.64. The highest BCUT2D eigenvalue weighted by Gasteiger charge is 2.37. The maximum Gasteiger partial charge on any atom is 0.153 e. The summed E-state index contributed by atoms with van der Waals surface area (Å²) in [5.74, 6) is 7.02. The van der Waals surface area contributed by atoms with Crippen LogP contribution < -0.4 is 0 Å². The molecule has 1 N–H and O–H groups in total. The maximum absolute atomic E-state index is 11.5. The second-order valence-corrected chi connectivity index (χ2v) is 8.05. The van der Waals surface area contributed by atoms with Crippen molar-refractivity contribution in [2.24, 2.45) is 5.92 Å². The molecule has 0 radical (unpaired) electrons. The number of rotatable bonds is 3. The molecule has 2 nitrogen and oxygen atoms in total. The van der Waals surface area contributed by atoms with E-state index < -0.39 is 5.60 Å². The molecule has 1 saturated heterocycles. The molecule has 1 unspecified atom stereocenters. The summed E-state index contributed by atoms with van der Waals surface area (Å²) in [5, 5.41) is 11.5. The van der Waals surface area contributed by atoms with Crippen LogP contribution in [0.2, 0.25) is 0 Å². The first kappa shape index (κ1) is 17.5. The molecule has 0 amide bonds. The number of hydrogen-bond donors (Lipinski definition) is 1. The summed E-state index contributed by atoms with van der Waals surface area (Å²) in [5.41, 5.74) is 0.00193. The Hall–Kier alpha value is -1.30. The third-order valence-electron chi connectivity index (χ3n) is 6.05. The fraction of sp³-hybridized carbons (Fsp3) is 0.636. The lowest BCUT2D eigenvalue weighted by atomic mass is 9.73. The van der Waals surface area contributed by atoms with Crippen molar-refractivity contribution < 1.29 is 9.59 Å². The van der Waals surface area contributed by atoms with Gasteiger partial charge in [-0.2, -0.15) is 0 Å². The predicted molar refractivity (Wildman–Crippen MR) is 99.3 cm³/mol. The zero-order valence-electron chi connectivity index (χ0n) is 15.1. The third-order valence-corrected chi connectivity index (χ3v) is 6.05. The van der Waals surface area contributed by atoms with Crippen molar-refractivity contribution in [1.29, 1.82) is 0 Å². The highest BCUT2D eigenvalue weighted by molar-refractivity contribution is 5.33. The number of nitrogens with zero attached hydrogens (tertiary/aromatic N) is 1. The van der Waals surface area contributed by atoms with Crippen LogP contribution in [0.3, 0.4) is 0 Å². The average Bonchev–Trinajstić information content (AvgIpc) is 2.63. The molecule has 0 bridgehead atoms. The molecule has 3 rings (SSSR count). The van der Waals surface area contributed by atoms with Gasteiger partial charge >= 0.3 is 0 Å². The Morgan fingerprint density at radius 3 is 2.29 bits per heavy atom. The Bertz CT molecular complexity index is 573. The fourth-order valence-corrected chi connectivity index (χ4v) is 4.42. The summed E-state index contributed by atoms with van der Waals surface area (Å²) in [6.45, 7) is 3.31. The second kappa shape index (κ2) is 7.72. The van der Waals surface area contributed by atoms with Gasteiger partial charge in [0.2, 0.25) is 0 Å². The zero-order chi connectivity index (χ0) is 16.9. The molecule has 1 aliphatic carbocycles. The topological polar surface area (TPSA) is 20.2 Å². The fourth-order valence-electron chi connectivity index (χ4n) is 4.42. The summed E-state index contributed by atoms with van der Waals surface area (Å²) in [6.07, 6.45) is 9.89. The number of benzene rings is 1. The standard InChI is InChI=1S/C22H32NO/c1-23(17-9-4-10-18-23)19-11-16-22(24,20-12-5-2-6-13-20)21-14-7-3-8-15-21/h2,5-6,12-13,21,24H,3-4,7-10,14-15,17-19H2,1H3/q+1. The van der Waals surface area contributed by atoms with E-state index in [2.05, 4.69) is 18.9 Å². The summed E-state index contributed by atoms with van der Waals surface area (Å²) < 4.78 is 1.04. The first-order valence-electron chi connectivity index (χ1n) is 9.74. The minimum absolute atomic E-state index is 0.271. The molecule has 0 aromatic heterocycles. The first-order chi connectivity index (χ1) is 11.6. The van der Waals surface area contributed by atoms with Crippen molar-refractivity contribution >= 4 is 0 Å². The van der Waals surface area contributed by atoms with E-state index in [0.29, 0.717) is 0 Å². The molecule has 1 aromatic carbocycles. The second-order valence-electron chi connectivity index (χ2n) is 8.05. The largest absolute Gasteiger partial charge is 0.373 e. The zero-order valence-corrected chi connectivity index (χ0v) is 15.1. The number of hydrogen-bond acceptors (Lipinski definition) is 1. The van der Waals surface area contributed by atoms with Crippen LogP contribution in [0.4, 0.5) is 0 Å². The van der Waals surface area contributed by atoms with E-state index in [4.69, 9.17) is 0 Å². The third kappa shape index (κ3) is 4.02. The van der Waals surface area contributed by atoms with E-state index in [9.17, 15) is 5.11 Å². The van der Waals surface area contributed by atoms with Gasteiger partial charge in [0, 0.05) is 5.92 Å². The van der Waals surface area contributed by atoms with E-state index in [-0.39, 0.29) is 5.92 Å². The molecule has 130 valence electrons. The van der Waals surface area contributed by atoms with Crippen LogP contribution in [0, 0.1) is 17.8 Å². The molecular weight excluding hydrogens is 294 g/mol.